The molecule has 0 aliphatic carbocycles. The Hall–Kier alpha value is 0.430. The van der Waals surface area contributed by atoms with Crippen molar-refractivity contribution in [3.8, 4) is 0 Å². The largest absolute Gasteiger partial charge is 0.345 e. The topological polar surface area (TPSA) is 20.3 Å². The molecule has 0 bridgehead atoms. The van der Waals surface area contributed by atoms with Crippen molar-refractivity contribution in [2.45, 2.75) is 24.6 Å². The quantitative estimate of drug-likeness (QED) is 0.714. The molecule has 1 atom stereocenters. The summed E-state index contributed by atoms with van der Waals surface area (Å²) in [6, 6.07) is 0. The molecule has 0 aromatic heterocycles. The summed E-state index contributed by atoms with van der Waals surface area (Å²) in [5.74, 6) is 0.153. The highest BCUT2D eigenvalue weighted by Gasteiger charge is 2.16. The van der Waals surface area contributed by atoms with E-state index in [1.54, 1.807) is 4.90 Å². The van der Waals surface area contributed by atoms with Gasteiger partial charge in [0.2, 0.25) is 5.91 Å². The van der Waals surface area contributed by atoms with E-state index in [-0.39, 0.29) is 10.7 Å². The number of hydrogen-bond acceptors (Lipinski definition) is 1. The zero-order chi connectivity index (χ0) is 9.56. The average molecular weight is 301 g/mol. The van der Waals surface area contributed by atoms with Crippen molar-refractivity contribution in [3.05, 3.63) is 0 Å². The number of nitrogens with zero attached hydrogens (tertiary/aromatic N) is 1. The van der Waals surface area contributed by atoms with Crippen molar-refractivity contribution >= 4 is 37.8 Å². The second-order valence-corrected chi connectivity index (χ2v) is 4.49. The SMILES string of the molecule is CCCCN(C)C(=O)C(Br)CBr. The van der Waals surface area contributed by atoms with Crippen LogP contribution >= 0.6 is 31.9 Å². The van der Waals surface area contributed by atoms with Gasteiger partial charge < -0.3 is 4.90 Å². The highest BCUT2D eigenvalue weighted by Crippen LogP contribution is 2.07. The molecule has 0 heterocycles. The highest BCUT2D eigenvalue weighted by atomic mass is 79.9. The molecule has 0 rings (SSSR count). The zero-order valence-electron chi connectivity index (χ0n) is 7.52. The molecule has 2 nitrogen and oxygen atoms in total. The summed E-state index contributed by atoms with van der Waals surface area (Å²) in [5, 5.41) is 0.669. The molecule has 0 spiro atoms. The minimum absolute atomic E-state index is 0.0839. The first-order valence-electron chi connectivity index (χ1n) is 4.08. The minimum atomic E-state index is -0.0839. The number of hydrogen-bond donors (Lipinski definition) is 0. The summed E-state index contributed by atoms with van der Waals surface area (Å²) in [4.78, 5) is 13.1. The number of carbonyl (C=O) groups excluding carboxylic acids is 1. The van der Waals surface area contributed by atoms with Gasteiger partial charge in [-0.3, -0.25) is 4.79 Å². The fraction of sp³-hybridized carbons (Fsp3) is 0.875. The van der Waals surface area contributed by atoms with Crippen LogP contribution in [-0.2, 0) is 4.79 Å². The Labute approximate surface area is 91.0 Å². The third-order valence-electron chi connectivity index (χ3n) is 1.63. The van der Waals surface area contributed by atoms with E-state index in [1.807, 2.05) is 7.05 Å². The second-order valence-electron chi connectivity index (χ2n) is 2.74. The zero-order valence-corrected chi connectivity index (χ0v) is 10.7. The first kappa shape index (κ1) is 12.4. The van der Waals surface area contributed by atoms with Crippen molar-refractivity contribution in [1.82, 2.24) is 4.90 Å². The second kappa shape index (κ2) is 6.89. The number of unbranched alkanes of at least 4 members (excludes halogenated alkanes) is 1. The van der Waals surface area contributed by atoms with Crippen LogP contribution < -0.4 is 0 Å². The van der Waals surface area contributed by atoms with E-state index < -0.39 is 0 Å². The molecule has 0 N–H and O–H groups in total. The van der Waals surface area contributed by atoms with Gasteiger partial charge in [0.05, 0.1) is 0 Å². The normalized spacial score (nSPS) is 12.7. The molecule has 1 amide bonds. The predicted molar refractivity (Wildman–Crippen MR) is 59.1 cm³/mol. The molecule has 0 saturated heterocycles. The first-order valence-corrected chi connectivity index (χ1v) is 6.12. The van der Waals surface area contributed by atoms with Crippen LogP contribution in [0.1, 0.15) is 19.8 Å². The Morgan fingerprint density at radius 1 is 1.58 bits per heavy atom. The lowest BCUT2D eigenvalue weighted by atomic mass is 10.3. The summed E-state index contributed by atoms with van der Waals surface area (Å²) in [6.07, 6.45) is 2.20. The molecule has 0 radical (unpaired) electrons. The summed E-state index contributed by atoms with van der Waals surface area (Å²) in [6.45, 7) is 2.97. The van der Waals surface area contributed by atoms with Gasteiger partial charge in [-0.25, -0.2) is 0 Å². The monoisotopic (exact) mass is 299 g/mol. The highest BCUT2D eigenvalue weighted by molar-refractivity contribution is 9.12. The maximum atomic E-state index is 11.4. The van der Waals surface area contributed by atoms with Crippen molar-refractivity contribution in [3.63, 3.8) is 0 Å². The van der Waals surface area contributed by atoms with Gasteiger partial charge in [-0.1, -0.05) is 45.2 Å². The van der Waals surface area contributed by atoms with E-state index in [0.717, 1.165) is 19.4 Å². The molecule has 72 valence electrons. The van der Waals surface area contributed by atoms with Gasteiger partial charge in [-0.05, 0) is 6.42 Å². The number of rotatable bonds is 5. The predicted octanol–water partition coefficient (Wildman–Crippen LogP) is 2.40. The van der Waals surface area contributed by atoms with Crippen molar-refractivity contribution in [2.75, 3.05) is 18.9 Å². The summed E-state index contributed by atoms with van der Waals surface area (Å²) in [7, 11) is 1.84. The Bertz CT molecular complexity index is 141. The van der Waals surface area contributed by atoms with Gasteiger partial charge in [-0.2, -0.15) is 0 Å². The molecule has 0 saturated carbocycles. The third kappa shape index (κ3) is 4.45. The first-order chi connectivity index (χ1) is 5.63. The maximum Gasteiger partial charge on any atom is 0.236 e. The Kier molecular flexibility index (Phi) is 7.14. The van der Waals surface area contributed by atoms with Crippen LogP contribution in [0.5, 0.6) is 0 Å². The lowest BCUT2D eigenvalue weighted by Gasteiger charge is -2.18. The van der Waals surface area contributed by atoms with Crippen molar-refractivity contribution in [2.24, 2.45) is 0 Å². The van der Waals surface area contributed by atoms with E-state index >= 15 is 0 Å². The van der Waals surface area contributed by atoms with Crippen LogP contribution in [0.25, 0.3) is 0 Å². The average Bonchev–Trinajstić information content (AvgIpc) is 2.11. The lowest BCUT2D eigenvalue weighted by molar-refractivity contribution is -0.128. The summed E-state index contributed by atoms with van der Waals surface area (Å²) in [5.41, 5.74) is 0. The summed E-state index contributed by atoms with van der Waals surface area (Å²) >= 11 is 6.55. The van der Waals surface area contributed by atoms with E-state index in [9.17, 15) is 4.79 Å². The van der Waals surface area contributed by atoms with Crippen LogP contribution in [0.4, 0.5) is 0 Å². The van der Waals surface area contributed by atoms with Crippen molar-refractivity contribution in [1.29, 1.82) is 0 Å². The van der Waals surface area contributed by atoms with Crippen LogP contribution in [0.15, 0.2) is 0 Å². The smallest absolute Gasteiger partial charge is 0.236 e. The maximum absolute atomic E-state index is 11.4. The molecule has 1 unspecified atom stereocenters. The Morgan fingerprint density at radius 2 is 2.17 bits per heavy atom. The van der Waals surface area contributed by atoms with E-state index in [4.69, 9.17) is 0 Å². The van der Waals surface area contributed by atoms with Gasteiger partial charge >= 0.3 is 0 Å². The molecule has 12 heavy (non-hydrogen) atoms. The van der Waals surface area contributed by atoms with Crippen LogP contribution in [-0.4, -0.2) is 34.6 Å². The standard InChI is InChI=1S/C8H15Br2NO/c1-3-4-5-11(2)8(12)7(10)6-9/h7H,3-6H2,1-2H3. The molecular weight excluding hydrogens is 286 g/mol. The fourth-order valence-corrected chi connectivity index (χ4v) is 1.44. The number of halogens is 2. The molecule has 0 aliphatic heterocycles. The van der Waals surface area contributed by atoms with Gasteiger partial charge in [-0.15, -0.1) is 0 Å². The molecule has 4 heteroatoms. The Balaban J connectivity index is 3.75. The van der Waals surface area contributed by atoms with Gasteiger partial charge in [0.1, 0.15) is 4.83 Å². The van der Waals surface area contributed by atoms with Gasteiger partial charge in [0, 0.05) is 18.9 Å². The summed E-state index contributed by atoms with van der Waals surface area (Å²) < 4.78 is 0. The molecule has 0 fully saturated rings. The molecular formula is C8H15Br2NO. The van der Waals surface area contributed by atoms with E-state index in [1.165, 1.54) is 0 Å². The van der Waals surface area contributed by atoms with Crippen LogP contribution in [0, 0.1) is 0 Å². The molecule has 0 aromatic carbocycles. The van der Waals surface area contributed by atoms with Crippen LogP contribution in [0.2, 0.25) is 0 Å². The van der Waals surface area contributed by atoms with Crippen molar-refractivity contribution < 1.29 is 4.79 Å². The van der Waals surface area contributed by atoms with E-state index in [0.29, 0.717) is 5.33 Å². The third-order valence-corrected chi connectivity index (χ3v) is 3.86. The number of carbonyl (C=O) groups is 1. The van der Waals surface area contributed by atoms with Gasteiger partial charge in [0.15, 0.2) is 0 Å². The van der Waals surface area contributed by atoms with Crippen LogP contribution in [0.3, 0.4) is 0 Å². The lowest BCUT2D eigenvalue weighted by Crippen LogP contribution is -2.34. The fourth-order valence-electron chi connectivity index (χ4n) is 0.811. The minimum Gasteiger partial charge on any atom is -0.345 e. The van der Waals surface area contributed by atoms with E-state index in [2.05, 4.69) is 38.8 Å². The molecule has 0 aliphatic rings. The van der Waals surface area contributed by atoms with Gasteiger partial charge in [0.25, 0.3) is 0 Å². The Morgan fingerprint density at radius 3 is 2.58 bits per heavy atom. The molecule has 0 aromatic rings. The number of amides is 1. The number of alkyl halides is 2.